The van der Waals surface area contributed by atoms with Crippen LogP contribution in [0.4, 0.5) is 0 Å². The first kappa shape index (κ1) is 9.52. The highest BCUT2D eigenvalue weighted by atomic mass is 16.5. The number of carbonyl (C=O) groups is 1. The highest BCUT2D eigenvalue weighted by molar-refractivity contribution is 5.85. The van der Waals surface area contributed by atoms with Crippen molar-refractivity contribution in [3.8, 4) is 11.4 Å². The molecule has 3 heterocycles. The van der Waals surface area contributed by atoms with Gasteiger partial charge in [0.05, 0.1) is 0 Å². The highest BCUT2D eigenvalue weighted by Crippen LogP contribution is 2.18. The van der Waals surface area contributed by atoms with Gasteiger partial charge in [-0.05, 0) is 6.07 Å². The Labute approximate surface area is 94.3 Å². The number of rotatable bonds is 2. The first-order valence-corrected chi connectivity index (χ1v) is 4.75. The molecule has 1 N–H and O–H groups in total. The summed E-state index contributed by atoms with van der Waals surface area (Å²) >= 11 is 0. The predicted octanol–water partition coefficient (Wildman–Crippen LogP) is 1.08. The van der Waals surface area contributed by atoms with E-state index in [1.165, 1.54) is 6.07 Å². The van der Waals surface area contributed by atoms with E-state index < -0.39 is 5.97 Å². The number of fused-ring (bicyclic) bond motifs is 1. The van der Waals surface area contributed by atoms with E-state index in [2.05, 4.69) is 19.8 Å². The van der Waals surface area contributed by atoms with Crippen LogP contribution in [0.15, 0.2) is 35.1 Å². The van der Waals surface area contributed by atoms with Gasteiger partial charge >= 0.3 is 5.97 Å². The summed E-state index contributed by atoms with van der Waals surface area (Å²) in [6.45, 7) is 0. The van der Waals surface area contributed by atoms with Crippen LogP contribution in [0, 0.1) is 0 Å². The highest BCUT2D eigenvalue weighted by Gasteiger charge is 2.14. The van der Waals surface area contributed by atoms with E-state index in [9.17, 15) is 4.79 Å². The molecule has 3 aromatic rings. The molecule has 0 aliphatic rings. The van der Waals surface area contributed by atoms with Crippen LogP contribution in [0.1, 0.15) is 10.6 Å². The van der Waals surface area contributed by atoms with Gasteiger partial charge in [-0.3, -0.25) is 0 Å². The molecule has 0 saturated carbocycles. The van der Waals surface area contributed by atoms with Crippen molar-refractivity contribution in [2.75, 3.05) is 0 Å². The van der Waals surface area contributed by atoms with E-state index in [1.807, 2.05) is 0 Å². The quantitative estimate of drug-likeness (QED) is 0.708. The molecule has 0 fully saturated rings. The Morgan fingerprint density at radius 3 is 2.94 bits per heavy atom. The maximum Gasteiger partial charge on any atom is 0.374 e. The Morgan fingerprint density at radius 2 is 2.24 bits per heavy atom. The zero-order valence-corrected chi connectivity index (χ0v) is 8.44. The Bertz CT molecular complexity index is 667. The van der Waals surface area contributed by atoms with Gasteiger partial charge in [0.1, 0.15) is 11.4 Å². The number of nitrogens with zero attached hydrogens (tertiary/aromatic N) is 4. The van der Waals surface area contributed by atoms with Crippen molar-refractivity contribution in [2.24, 2.45) is 0 Å². The van der Waals surface area contributed by atoms with Crippen molar-refractivity contribution in [3.63, 3.8) is 0 Å². The van der Waals surface area contributed by atoms with Gasteiger partial charge in [-0.2, -0.15) is 5.10 Å². The molecule has 0 unspecified atom stereocenters. The van der Waals surface area contributed by atoms with E-state index in [0.717, 1.165) is 0 Å². The molecule has 3 aromatic heterocycles. The van der Waals surface area contributed by atoms with Crippen LogP contribution in [-0.4, -0.2) is 30.8 Å². The number of aromatic nitrogens is 4. The largest absolute Gasteiger partial charge is 0.475 e. The number of aromatic carboxylic acids is 1. The van der Waals surface area contributed by atoms with Crippen LogP contribution in [0.3, 0.4) is 0 Å². The maximum absolute atomic E-state index is 10.6. The molecule has 7 heteroatoms. The normalized spacial score (nSPS) is 10.8. The Hall–Kier alpha value is -2.70. The molecule has 0 aliphatic heterocycles. The summed E-state index contributed by atoms with van der Waals surface area (Å²) in [6.07, 6.45) is 3.39. The predicted molar refractivity (Wildman–Crippen MR) is 55.4 cm³/mol. The number of hydrogen-bond donors (Lipinski definition) is 1. The van der Waals surface area contributed by atoms with E-state index >= 15 is 0 Å². The molecule has 17 heavy (non-hydrogen) atoms. The van der Waals surface area contributed by atoms with Gasteiger partial charge in [-0.25, -0.2) is 14.3 Å². The summed E-state index contributed by atoms with van der Waals surface area (Å²) in [7, 11) is 0. The number of carboxylic acid groups (broad SMARTS) is 1. The van der Waals surface area contributed by atoms with E-state index in [-0.39, 0.29) is 5.76 Å². The van der Waals surface area contributed by atoms with Gasteiger partial charge < -0.3 is 9.63 Å². The van der Waals surface area contributed by atoms with E-state index in [1.54, 1.807) is 29.0 Å². The van der Waals surface area contributed by atoms with Crippen molar-refractivity contribution < 1.29 is 14.4 Å². The Morgan fingerprint density at radius 1 is 1.35 bits per heavy atom. The molecular weight excluding hydrogens is 224 g/mol. The molecule has 0 amide bonds. The van der Waals surface area contributed by atoms with Crippen LogP contribution in [0.5, 0.6) is 0 Å². The summed E-state index contributed by atoms with van der Waals surface area (Å²) in [6, 6.07) is 4.77. The van der Waals surface area contributed by atoms with Crippen molar-refractivity contribution in [1.29, 1.82) is 0 Å². The molecule has 0 spiro atoms. The fourth-order valence-electron chi connectivity index (χ4n) is 1.45. The van der Waals surface area contributed by atoms with Crippen LogP contribution < -0.4 is 0 Å². The second-order valence-corrected chi connectivity index (χ2v) is 3.33. The lowest BCUT2D eigenvalue weighted by atomic mass is 10.3. The third-order valence-corrected chi connectivity index (χ3v) is 2.22. The molecule has 0 atom stereocenters. The summed E-state index contributed by atoms with van der Waals surface area (Å²) in [4.78, 5) is 14.7. The van der Waals surface area contributed by atoms with Gasteiger partial charge in [0.15, 0.2) is 5.65 Å². The molecule has 0 saturated heterocycles. The monoisotopic (exact) mass is 230 g/mol. The first-order chi connectivity index (χ1) is 8.24. The third-order valence-electron chi connectivity index (χ3n) is 2.22. The SMILES string of the molecule is O=C(O)c1cc(-c2cc3ncccn3n2)no1. The van der Waals surface area contributed by atoms with Gasteiger partial charge in [-0.15, -0.1) is 0 Å². The van der Waals surface area contributed by atoms with Gasteiger partial charge in [0.2, 0.25) is 5.76 Å². The van der Waals surface area contributed by atoms with Gasteiger partial charge in [0, 0.05) is 24.5 Å². The summed E-state index contributed by atoms with van der Waals surface area (Å²) in [5.41, 5.74) is 1.54. The lowest BCUT2D eigenvalue weighted by molar-refractivity contribution is 0.0652. The van der Waals surface area contributed by atoms with Crippen molar-refractivity contribution in [1.82, 2.24) is 19.8 Å². The van der Waals surface area contributed by atoms with Crippen LogP contribution in [-0.2, 0) is 0 Å². The Kier molecular flexibility index (Phi) is 1.91. The van der Waals surface area contributed by atoms with Gasteiger partial charge in [0.25, 0.3) is 0 Å². The molecule has 0 radical (unpaired) electrons. The molecule has 0 aromatic carbocycles. The second-order valence-electron chi connectivity index (χ2n) is 3.33. The molecule has 0 bridgehead atoms. The van der Waals surface area contributed by atoms with Crippen LogP contribution in [0.2, 0.25) is 0 Å². The fourth-order valence-corrected chi connectivity index (χ4v) is 1.45. The lowest BCUT2D eigenvalue weighted by Crippen LogP contribution is -1.91. The zero-order valence-electron chi connectivity index (χ0n) is 8.44. The topological polar surface area (TPSA) is 93.5 Å². The van der Waals surface area contributed by atoms with Crippen LogP contribution >= 0.6 is 0 Å². The zero-order chi connectivity index (χ0) is 11.8. The second kappa shape index (κ2) is 3.41. The molecule has 3 rings (SSSR count). The Balaban J connectivity index is 2.10. The summed E-state index contributed by atoms with van der Waals surface area (Å²) < 4.78 is 6.23. The van der Waals surface area contributed by atoms with Crippen LogP contribution in [0.25, 0.3) is 17.0 Å². The summed E-state index contributed by atoms with van der Waals surface area (Å²) in [5.74, 6) is -1.38. The van der Waals surface area contributed by atoms with Crippen molar-refractivity contribution in [2.45, 2.75) is 0 Å². The van der Waals surface area contributed by atoms with E-state index in [0.29, 0.717) is 17.0 Å². The maximum atomic E-state index is 10.6. The standard InChI is InChI=1S/C10H6N4O3/c15-10(16)8-4-7(13-17-8)6-5-9-11-2-1-3-14(9)12-6/h1-5H,(H,15,16). The first-order valence-electron chi connectivity index (χ1n) is 4.75. The smallest absolute Gasteiger partial charge is 0.374 e. The average molecular weight is 230 g/mol. The van der Waals surface area contributed by atoms with E-state index in [4.69, 9.17) is 5.11 Å². The van der Waals surface area contributed by atoms with Gasteiger partial charge in [-0.1, -0.05) is 5.16 Å². The molecule has 84 valence electrons. The minimum Gasteiger partial charge on any atom is -0.475 e. The lowest BCUT2D eigenvalue weighted by Gasteiger charge is -1.86. The van der Waals surface area contributed by atoms with Crippen molar-refractivity contribution >= 4 is 11.6 Å². The minimum absolute atomic E-state index is 0.218. The molecular formula is C10H6N4O3. The average Bonchev–Trinajstić information content (AvgIpc) is 2.95. The van der Waals surface area contributed by atoms with Crippen molar-refractivity contribution in [3.05, 3.63) is 36.4 Å². The minimum atomic E-state index is -1.16. The fraction of sp³-hybridized carbons (Fsp3) is 0. The number of carboxylic acids is 1. The molecule has 0 aliphatic carbocycles. The molecule has 7 nitrogen and oxygen atoms in total. The number of hydrogen-bond acceptors (Lipinski definition) is 5. The third kappa shape index (κ3) is 1.53. The summed E-state index contributed by atoms with van der Waals surface area (Å²) in [5, 5.41) is 16.6.